The molecule has 0 N–H and O–H groups in total. The predicted molar refractivity (Wildman–Crippen MR) is 175 cm³/mol. The summed E-state index contributed by atoms with van der Waals surface area (Å²) in [6.07, 6.45) is 0. The van der Waals surface area contributed by atoms with Crippen molar-refractivity contribution in [1.82, 2.24) is 0 Å². The third-order valence-corrected chi connectivity index (χ3v) is 8.68. The molecule has 0 saturated carbocycles. The molecule has 0 amide bonds. The van der Waals surface area contributed by atoms with Gasteiger partial charge in [-0.15, -0.1) is 0 Å². The molecule has 0 spiro atoms. The molecule has 0 radical (unpaired) electrons. The van der Waals surface area contributed by atoms with Crippen molar-refractivity contribution in [2.24, 2.45) is 0 Å². The molecule has 0 bridgehead atoms. The van der Waals surface area contributed by atoms with E-state index >= 15 is 0 Å². The van der Waals surface area contributed by atoms with Crippen LogP contribution in [-0.4, -0.2) is 14.2 Å². The first-order chi connectivity index (χ1) is 20.5. The van der Waals surface area contributed by atoms with E-state index in [9.17, 15) is 0 Å². The minimum absolute atomic E-state index is 0.239. The molecule has 0 aromatic heterocycles. The summed E-state index contributed by atoms with van der Waals surface area (Å²) >= 11 is 0. The van der Waals surface area contributed by atoms with Gasteiger partial charge in [-0.05, 0) is 93.4 Å². The van der Waals surface area contributed by atoms with Crippen LogP contribution in [0.2, 0.25) is 0 Å². The summed E-state index contributed by atoms with van der Waals surface area (Å²) in [5.41, 5.74) is 10.7. The van der Waals surface area contributed by atoms with Gasteiger partial charge in [-0.2, -0.15) is 0 Å². The molecule has 0 saturated heterocycles. The zero-order valence-corrected chi connectivity index (χ0v) is 24.4. The number of anilines is 3. The molecular formula is C39H33NO2. The second-order valence-corrected chi connectivity index (χ2v) is 11.4. The maximum absolute atomic E-state index is 5.41. The first kappa shape index (κ1) is 25.9. The lowest BCUT2D eigenvalue weighted by molar-refractivity contribution is 0.415. The third-order valence-electron chi connectivity index (χ3n) is 8.68. The highest BCUT2D eigenvalue weighted by Gasteiger charge is 2.38. The molecule has 0 unspecified atom stereocenters. The maximum atomic E-state index is 5.41. The van der Waals surface area contributed by atoms with Crippen LogP contribution >= 0.6 is 0 Å². The lowest BCUT2D eigenvalue weighted by Gasteiger charge is -2.43. The van der Waals surface area contributed by atoms with E-state index in [1.807, 2.05) is 24.3 Å². The molecule has 0 fully saturated rings. The van der Waals surface area contributed by atoms with Gasteiger partial charge in [0.05, 0.1) is 31.3 Å². The van der Waals surface area contributed by atoms with Crippen LogP contribution in [-0.2, 0) is 5.41 Å². The molecule has 7 rings (SSSR count). The van der Waals surface area contributed by atoms with E-state index in [2.05, 4.69) is 122 Å². The van der Waals surface area contributed by atoms with E-state index < -0.39 is 0 Å². The fourth-order valence-electron chi connectivity index (χ4n) is 6.33. The van der Waals surface area contributed by atoms with Crippen molar-refractivity contribution in [2.45, 2.75) is 19.3 Å². The van der Waals surface area contributed by atoms with Gasteiger partial charge in [-0.3, -0.25) is 0 Å². The van der Waals surface area contributed by atoms with Crippen molar-refractivity contribution in [3.05, 3.63) is 139 Å². The monoisotopic (exact) mass is 547 g/mol. The van der Waals surface area contributed by atoms with Gasteiger partial charge < -0.3 is 14.4 Å². The smallest absolute Gasteiger partial charge is 0.118 e. The molecule has 0 atom stereocenters. The molecule has 1 heterocycles. The summed E-state index contributed by atoms with van der Waals surface area (Å²) < 4.78 is 10.8. The molecule has 3 nitrogen and oxygen atoms in total. The average molecular weight is 548 g/mol. The van der Waals surface area contributed by atoms with Gasteiger partial charge in [-0.25, -0.2) is 0 Å². The van der Waals surface area contributed by atoms with Crippen molar-refractivity contribution >= 4 is 27.8 Å². The lowest BCUT2D eigenvalue weighted by atomic mass is 9.72. The minimum atomic E-state index is -0.239. The zero-order chi connectivity index (χ0) is 28.8. The number of hydrogen-bond acceptors (Lipinski definition) is 3. The van der Waals surface area contributed by atoms with Crippen LogP contribution in [0, 0.1) is 0 Å². The largest absolute Gasteiger partial charge is 0.497 e. The van der Waals surface area contributed by atoms with Crippen LogP contribution in [0.15, 0.2) is 127 Å². The quantitative estimate of drug-likeness (QED) is 0.214. The Bertz CT molecular complexity index is 1810. The van der Waals surface area contributed by atoms with Crippen LogP contribution in [0.3, 0.4) is 0 Å². The summed E-state index contributed by atoms with van der Waals surface area (Å²) in [7, 11) is 3.41. The lowest BCUT2D eigenvalue weighted by Crippen LogP contribution is -2.30. The molecule has 206 valence electrons. The fraction of sp³-hybridized carbons (Fsp3) is 0.128. The van der Waals surface area contributed by atoms with Gasteiger partial charge in [0.15, 0.2) is 0 Å². The van der Waals surface area contributed by atoms with Gasteiger partial charge in [0.1, 0.15) is 11.5 Å². The van der Waals surface area contributed by atoms with Crippen LogP contribution in [0.1, 0.15) is 25.0 Å². The van der Waals surface area contributed by atoms with E-state index in [4.69, 9.17) is 9.47 Å². The Labute approximate surface area is 247 Å². The van der Waals surface area contributed by atoms with Crippen molar-refractivity contribution in [3.8, 4) is 33.8 Å². The Morgan fingerprint density at radius 1 is 0.476 bits per heavy atom. The zero-order valence-electron chi connectivity index (χ0n) is 24.4. The standard InChI is InChI=1S/C39H33NO2/c1-39(2)34-24-29(26-12-18-31(41-3)19-13-26)16-22-37(34)40(36-11-7-9-28-8-5-6-10-33(28)36)38-23-17-30(25-35(38)39)27-14-20-32(42-4)21-15-27/h5-25H,1-4H3. The second-order valence-electron chi connectivity index (χ2n) is 11.4. The molecule has 42 heavy (non-hydrogen) atoms. The molecular weight excluding hydrogens is 514 g/mol. The van der Waals surface area contributed by atoms with Gasteiger partial charge in [0.25, 0.3) is 0 Å². The van der Waals surface area contributed by atoms with Crippen molar-refractivity contribution in [1.29, 1.82) is 0 Å². The first-order valence-corrected chi connectivity index (χ1v) is 14.3. The number of methoxy groups -OCH3 is 2. The van der Waals surface area contributed by atoms with E-state index in [1.165, 1.54) is 61.2 Å². The SMILES string of the molecule is COc1ccc(-c2ccc3c(c2)C(C)(C)c2cc(-c4ccc(OC)cc4)ccc2N3c2cccc3ccccc23)cc1. The Morgan fingerprint density at radius 3 is 1.48 bits per heavy atom. The van der Waals surface area contributed by atoms with Crippen LogP contribution in [0.25, 0.3) is 33.0 Å². The highest BCUT2D eigenvalue weighted by atomic mass is 16.5. The number of hydrogen-bond donors (Lipinski definition) is 0. The molecule has 0 aliphatic carbocycles. The molecule has 1 aliphatic rings. The highest BCUT2D eigenvalue weighted by Crippen LogP contribution is 2.54. The topological polar surface area (TPSA) is 21.7 Å². The van der Waals surface area contributed by atoms with Crippen LogP contribution < -0.4 is 14.4 Å². The maximum Gasteiger partial charge on any atom is 0.118 e. The van der Waals surface area contributed by atoms with Crippen molar-refractivity contribution < 1.29 is 9.47 Å². The van der Waals surface area contributed by atoms with E-state index in [0.29, 0.717) is 0 Å². The number of benzene rings is 6. The Kier molecular flexibility index (Phi) is 6.24. The number of rotatable bonds is 5. The van der Waals surface area contributed by atoms with Gasteiger partial charge in [-0.1, -0.05) is 86.6 Å². The average Bonchev–Trinajstić information content (AvgIpc) is 3.05. The second kappa shape index (κ2) is 10.1. The molecule has 6 aromatic rings. The van der Waals surface area contributed by atoms with Gasteiger partial charge >= 0.3 is 0 Å². The summed E-state index contributed by atoms with van der Waals surface area (Å²) in [5, 5.41) is 2.46. The molecule has 3 heteroatoms. The predicted octanol–water partition coefficient (Wildman–Crippen LogP) is 10.3. The number of ether oxygens (including phenoxy) is 2. The van der Waals surface area contributed by atoms with Gasteiger partial charge in [0, 0.05) is 10.8 Å². The molecule has 1 aliphatic heterocycles. The Balaban J connectivity index is 1.46. The summed E-state index contributed by atoms with van der Waals surface area (Å²) in [6, 6.07) is 45.7. The summed E-state index contributed by atoms with van der Waals surface area (Å²) in [5.74, 6) is 1.72. The van der Waals surface area contributed by atoms with Crippen molar-refractivity contribution in [2.75, 3.05) is 19.1 Å². The minimum Gasteiger partial charge on any atom is -0.497 e. The van der Waals surface area contributed by atoms with Gasteiger partial charge in [0.2, 0.25) is 0 Å². The Hall–Kier alpha value is -5.02. The first-order valence-electron chi connectivity index (χ1n) is 14.3. The van der Waals surface area contributed by atoms with Crippen molar-refractivity contribution in [3.63, 3.8) is 0 Å². The van der Waals surface area contributed by atoms with E-state index in [0.717, 1.165) is 11.5 Å². The Morgan fingerprint density at radius 2 is 0.952 bits per heavy atom. The third kappa shape index (κ3) is 4.21. The normalized spacial score (nSPS) is 13.4. The number of nitrogens with zero attached hydrogens (tertiary/aromatic N) is 1. The van der Waals surface area contributed by atoms with Crippen LogP contribution in [0.4, 0.5) is 17.1 Å². The fourth-order valence-corrected chi connectivity index (χ4v) is 6.33. The van der Waals surface area contributed by atoms with E-state index in [1.54, 1.807) is 14.2 Å². The number of fused-ring (bicyclic) bond motifs is 3. The highest BCUT2D eigenvalue weighted by molar-refractivity contribution is 6.01. The summed E-state index contributed by atoms with van der Waals surface area (Å²) in [6.45, 7) is 4.70. The summed E-state index contributed by atoms with van der Waals surface area (Å²) in [4.78, 5) is 2.45. The molecule has 6 aromatic carbocycles. The van der Waals surface area contributed by atoms with Crippen LogP contribution in [0.5, 0.6) is 11.5 Å². The van der Waals surface area contributed by atoms with E-state index in [-0.39, 0.29) is 5.41 Å².